The number of hydrogen-bond acceptors (Lipinski definition) is 3. The van der Waals surface area contributed by atoms with Crippen LogP contribution in [-0.4, -0.2) is 31.0 Å². The van der Waals surface area contributed by atoms with Crippen LogP contribution in [-0.2, 0) is 4.74 Å². The molecule has 0 aliphatic carbocycles. The Morgan fingerprint density at radius 3 is 2.76 bits per heavy atom. The molecule has 1 N–H and O–H groups in total. The smallest absolute Gasteiger partial charge is 0.261 e. The van der Waals surface area contributed by atoms with Crippen molar-refractivity contribution < 1.29 is 9.53 Å². The van der Waals surface area contributed by atoms with Gasteiger partial charge in [0.25, 0.3) is 5.91 Å². The standard InChI is InChI=1S/C12H18BrNO2S/c1-8-6-11(17-9(8)2)12(15)14-10(4-5-13)7-16-3/h6,10H,4-5,7H2,1-3H3,(H,14,15). The van der Waals surface area contributed by atoms with Crippen LogP contribution in [0.15, 0.2) is 6.07 Å². The highest BCUT2D eigenvalue weighted by Gasteiger charge is 2.15. The predicted octanol–water partition coefficient (Wildman–Crippen LogP) is 2.89. The third-order valence-electron chi connectivity index (χ3n) is 2.55. The van der Waals surface area contributed by atoms with E-state index in [-0.39, 0.29) is 11.9 Å². The molecule has 1 atom stereocenters. The van der Waals surface area contributed by atoms with Crippen molar-refractivity contribution in [3.63, 3.8) is 0 Å². The SMILES string of the molecule is COCC(CCBr)NC(=O)c1cc(C)c(C)s1. The Balaban J connectivity index is 2.63. The van der Waals surface area contributed by atoms with Gasteiger partial charge in [-0.05, 0) is 31.9 Å². The fourth-order valence-corrected chi connectivity index (χ4v) is 2.96. The number of hydrogen-bond donors (Lipinski definition) is 1. The van der Waals surface area contributed by atoms with Gasteiger partial charge < -0.3 is 10.1 Å². The molecule has 1 rings (SSSR count). The maximum Gasteiger partial charge on any atom is 0.261 e. The van der Waals surface area contributed by atoms with Gasteiger partial charge in [-0.1, -0.05) is 15.9 Å². The molecule has 0 bridgehead atoms. The highest BCUT2D eigenvalue weighted by Crippen LogP contribution is 2.20. The summed E-state index contributed by atoms with van der Waals surface area (Å²) >= 11 is 4.91. The summed E-state index contributed by atoms with van der Waals surface area (Å²) in [6.45, 7) is 4.59. The van der Waals surface area contributed by atoms with Crippen LogP contribution in [0, 0.1) is 13.8 Å². The van der Waals surface area contributed by atoms with E-state index in [0.29, 0.717) is 6.61 Å². The number of methoxy groups -OCH3 is 1. The molecular formula is C12H18BrNO2S. The normalized spacial score (nSPS) is 12.5. The molecule has 0 saturated carbocycles. The van der Waals surface area contributed by atoms with E-state index in [9.17, 15) is 4.79 Å². The van der Waals surface area contributed by atoms with E-state index in [4.69, 9.17) is 4.74 Å². The first-order valence-corrected chi connectivity index (χ1v) is 7.45. The Bertz CT molecular complexity index is 353. The minimum absolute atomic E-state index is 0.00537. The molecule has 1 aromatic rings. The van der Waals surface area contributed by atoms with Gasteiger partial charge in [-0.15, -0.1) is 11.3 Å². The number of carbonyl (C=O) groups is 1. The number of amides is 1. The lowest BCUT2D eigenvalue weighted by molar-refractivity contribution is 0.0899. The second kappa shape index (κ2) is 7.13. The van der Waals surface area contributed by atoms with Crippen LogP contribution >= 0.6 is 27.3 Å². The summed E-state index contributed by atoms with van der Waals surface area (Å²) in [5.74, 6) is -0.00537. The Labute approximate surface area is 115 Å². The van der Waals surface area contributed by atoms with Gasteiger partial charge in [-0.25, -0.2) is 0 Å². The molecule has 0 radical (unpaired) electrons. The molecule has 0 saturated heterocycles. The maximum absolute atomic E-state index is 12.0. The fourth-order valence-electron chi connectivity index (χ4n) is 1.47. The average molecular weight is 320 g/mol. The van der Waals surface area contributed by atoms with Gasteiger partial charge in [0.1, 0.15) is 0 Å². The first kappa shape index (κ1) is 14.7. The first-order chi connectivity index (χ1) is 8.08. The second-order valence-electron chi connectivity index (χ2n) is 3.95. The van der Waals surface area contributed by atoms with Crippen LogP contribution in [0.5, 0.6) is 0 Å². The van der Waals surface area contributed by atoms with Gasteiger partial charge in [-0.2, -0.15) is 0 Å². The summed E-state index contributed by atoms with van der Waals surface area (Å²) < 4.78 is 5.09. The molecule has 5 heteroatoms. The quantitative estimate of drug-likeness (QED) is 0.819. The molecule has 0 fully saturated rings. The molecule has 0 aliphatic heterocycles. The molecule has 0 spiro atoms. The molecule has 1 heterocycles. The molecule has 1 unspecified atom stereocenters. The average Bonchev–Trinajstić information content (AvgIpc) is 2.60. The van der Waals surface area contributed by atoms with Crippen LogP contribution in [0.25, 0.3) is 0 Å². The summed E-state index contributed by atoms with van der Waals surface area (Å²) in [6, 6.07) is 2.00. The summed E-state index contributed by atoms with van der Waals surface area (Å²) in [6.07, 6.45) is 0.864. The zero-order chi connectivity index (χ0) is 12.8. The van der Waals surface area contributed by atoms with E-state index in [0.717, 1.165) is 16.6 Å². The van der Waals surface area contributed by atoms with E-state index in [1.807, 2.05) is 19.9 Å². The van der Waals surface area contributed by atoms with Crippen molar-refractivity contribution >= 4 is 33.2 Å². The Kier molecular flexibility index (Phi) is 6.16. The molecule has 1 aromatic heterocycles. The molecular weight excluding hydrogens is 302 g/mol. The minimum atomic E-state index is -0.00537. The number of alkyl halides is 1. The van der Waals surface area contributed by atoms with E-state index < -0.39 is 0 Å². The number of rotatable bonds is 6. The number of nitrogens with one attached hydrogen (secondary N) is 1. The van der Waals surface area contributed by atoms with Crippen molar-refractivity contribution in [2.45, 2.75) is 26.3 Å². The Morgan fingerprint density at radius 2 is 2.29 bits per heavy atom. The number of ether oxygens (including phenoxy) is 1. The van der Waals surface area contributed by atoms with Gasteiger partial charge in [0.15, 0.2) is 0 Å². The van der Waals surface area contributed by atoms with Crippen molar-refractivity contribution in [1.82, 2.24) is 5.32 Å². The van der Waals surface area contributed by atoms with Crippen molar-refractivity contribution in [3.8, 4) is 0 Å². The third kappa shape index (κ3) is 4.41. The van der Waals surface area contributed by atoms with Crippen LogP contribution in [0.4, 0.5) is 0 Å². The Morgan fingerprint density at radius 1 is 1.59 bits per heavy atom. The number of aryl methyl sites for hydroxylation is 2. The van der Waals surface area contributed by atoms with Crippen molar-refractivity contribution in [2.75, 3.05) is 19.0 Å². The van der Waals surface area contributed by atoms with Crippen LogP contribution in [0.1, 0.15) is 26.5 Å². The van der Waals surface area contributed by atoms with E-state index in [1.165, 1.54) is 21.8 Å². The summed E-state index contributed by atoms with van der Waals surface area (Å²) in [5.41, 5.74) is 1.17. The fraction of sp³-hybridized carbons (Fsp3) is 0.583. The van der Waals surface area contributed by atoms with Crippen molar-refractivity contribution in [1.29, 1.82) is 0 Å². The summed E-state index contributed by atoms with van der Waals surface area (Å²) in [5, 5.41) is 3.84. The van der Waals surface area contributed by atoms with Crippen molar-refractivity contribution in [3.05, 3.63) is 21.4 Å². The predicted molar refractivity (Wildman–Crippen MR) is 75.3 cm³/mol. The van der Waals surface area contributed by atoms with Crippen LogP contribution in [0.3, 0.4) is 0 Å². The lowest BCUT2D eigenvalue weighted by Gasteiger charge is -2.16. The van der Waals surface area contributed by atoms with Crippen LogP contribution < -0.4 is 5.32 Å². The van der Waals surface area contributed by atoms with Gasteiger partial charge in [0, 0.05) is 17.3 Å². The topological polar surface area (TPSA) is 38.3 Å². The zero-order valence-electron chi connectivity index (χ0n) is 10.4. The van der Waals surface area contributed by atoms with Gasteiger partial charge in [-0.3, -0.25) is 4.79 Å². The molecule has 96 valence electrons. The first-order valence-electron chi connectivity index (χ1n) is 5.51. The van der Waals surface area contributed by atoms with E-state index in [2.05, 4.69) is 21.2 Å². The van der Waals surface area contributed by atoms with E-state index >= 15 is 0 Å². The summed E-state index contributed by atoms with van der Waals surface area (Å²) in [4.78, 5) is 14.0. The maximum atomic E-state index is 12.0. The van der Waals surface area contributed by atoms with Gasteiger partial charge >= 0.3 is 0 Å². The lowest BCUT2D eigenvalue weighted by atomic mass is 10.2. The monoisotopic (exact) mass is 319 g/mol. The summed E-state index contributed by atoms with van der Waals surface area (Å²) in [7, 11) is 1.65. The van der Waals surface area contributed by atoms with Gasteiger partial charge in [0.05, 0.1) is 17.5 Å². The minimum Gasteiger partial charge on any atom is -0.383 e. The molecule has 3 nitrogen and oxygen atoms in total. The van der Waals surface area contributed by atoms with Gasteiger partial charge in [0.2, 0.25) is 0 Å². The number of thiophene rings is 1. The largest absolute Gasteiger partial charge is 0.383 e. The highest BCUT2D eigenvalue weighted by molar-refractivity contribution is 9.09. The zero-order valence-corrected chi connectivity index (χ0v) is 12.8. The molecule has 0 aromatic carbocycles. The van der Waals surface area contributed by atoms with Crippen LogP contribution in [0.2, 0.25) is 0 Å². The molecule has 17 heavy (non-hydrogen) atoms. The third-order valence-corrected chi connectivity index (χ3v) is 4.16. The lowest BCUT2D eigenvalue weighted by Crippen LogP contribution is -2.38. The second-order valence-corrected chi connectivity index (χ2v) is 6.00. The van der Waals surface area contributed by atoms with E-state index in [1.54, 1.807) is 7.11 Å². The Hall–Kier alpha value is -0.390. The molecule has 1 amide bonds. The van der Waals surface area contributed by atoms with Crippen molar-refractivity contribution in [2.24, 2.45) is 0 Å². The number of carbonyl (C=O) groups excluding carboxylic acids is 1. The number of halogens is 1. The molecule has 0 aliphatic rings. The highest BCUT2D eigenvalue weighted by atomic mass is 79.9.